The molecule has 2 atom stereocenters. The number of nitrogens with zero attached hydrogens (tertiary/aromatic N) is 3. The summed E-state index contributed by atoms with van der Waals surface area (Å²) in [6, 6.07) is 6.10. The van der Waals surface area contributed by atoms with E-state index in [0.717, 1.165) is 49.1 Å². The van der Waals surface area contributed by atoms with Crippen molar-refractivity contribution in [2.45, 2.75) is 18.9 Å². The quantitative estimate of drug-likeness (QED) is 0.726. The second-order valence-corrected chi connectivity index (χ2v) is 8.65. The average Bonchev–Trinajstić information content (AvgIpc) is 3.46. The van der Waals surface area contributed by atoms with Crippen LogP contribution in [0.25, 0.3) is 0 Å². The first kappa shape index (κ1) is 17.7. The molecule has 1 aromatic heterocycles. The van der Waals surface area contributed by atoms with Gasteiger partial charge in [-0.3, -0.25) is 9.69 Å². The van der Waals surface area contributed by atoms with E-state index < -0.39 is 0 Å². The standard InChI is InChI=1S/C21H23N3O3S/c1-2-7-24-8-5-21(20(24)25)13-23(12-16(21)19-22-6-9-28-19)11-15-3-4-17-18(10-15)27-14-26-17/h2-4,6,9-10,16H,1,5,7-8,11-14H2/t16-,21+/m0/s1. The molecule has 28 heavy (non-hydrogen) atoms. The third-order valence-corrected chi connectivity index (χ3v) is 6.99. The number of carbonyl (C=O) groups is 1. The van der Waals surface area contributed by atoms with Gasteiger partial charge in [0.25, 0.3) is 0 Å². The fourth-order valence-corrected chi connectivity index (χ4v) is 5.65. The fraction of sp³-hybridized carbons (Fsp3) is 0.429. The lowest BCUT2D eigenvalue weighted by molar-refractivity contribution is -0.135. The molecule has 1 spiro atoms. The zero-order valence-corrected chi connectivity index (χ0v) is 16.5. The van der Waals surface area contributed by atoms with E-state index in [9.17, 15) is 4.79 Å². The van der Waals surface area contributed by atoms with Crippen LogP contribution in [0.4, 0.5) is 0 Å². The van der Waals surface area contributed by atoms with Crippen molar-refractivity contribution in [2.24, 2.45) is 5.41 Å². The molecular weight excluding hydrogens is 374 g/mol. The van der Waals surface area contributed by atoms with E-state index in [1.807, 2.05) is 34.7 Å². The smallest absolute Gasteiger partial charge is 0.231 e. The van der Waals surface area contributed by atoms with Crippen LogP contribution in [0, 0.1) is 5.41 Å². The second-order valence-electron chi connectivity index (χ2n) is 7.73. The number of amides is 1. The maximum atomic E-state index is 13.4. The molecule has 6 nitrogen and oxygen atoms in total. The normalized spacial score (nSPS) is 26.5. The van der Waals surface area contributed by atoms with Gasteiger partial charge in [-0.15, -0.1) is 17.9 Å². The Hall–Kier alpha value is -2.38. The highest BCUT2D eigenvalue weighted by molar-refractivity contribution is 7.09. The maximum Gasteiger partial charge on any atom is 0.231 e. The number of carbonyl (C=O) groups excluding carboxylic acids is 1. The summed E-state index contributed by atoms with van der Waals surface area (Å²) in [5.74, 6) is 2.00. The highest BCUT2D eigenvalue weighted by atomic mass is 32.1. The minimum atomic E-state index is -0.378. The third-order valence-electron chi connectivity index (χ3n) is 6.10. The Labute approximate surface area is 168 Å². The van der Waals surface area contributed by atoms with Crippen molar-refractivity contribution < 1.29 is 14.3 Å². The molecule has 0 N–H and O–H groups in total. The molecule has 0 unspecified atom stereocenters. The Morgan fingerprint density at radius 2 is 2.25 bits per heavy atom. The Morgan fingerprint density at radius 3 is 3.07 bits per heavy atom. The van der Waals surface area contributed by atoms with Crippen molar-refractivity contribution in [1.82, 2.24) is 14.8 Å². The lowest BCUT2D eigenvalue weighted by atomic mass is 9.77. The number of ether oxygens (including phenoxy) is 2. The SMILES string of the molecule is C=CCN1CC[C@]2(CN(Cc3ccc4c(c3)OCO4)C[C@H]2c2nccs2)C1=O. The first-order valence-electron chi connectivity index (χ1n) is 9.60. The fourth-order valence-electron chi connectivity index (χ4n) is 4.80. The third kappa shape index (κ3) is 2.81. The van der Waals surface area contributed by atoms with E-state index in [1.165, 1.54) is 5.56 Å². The Kier molecular flexibility index (Phi) is 4.36. The lowest BCUT2D eigenvalue weighted by Crippen LogP contribution is -2.39. The Bertz CT molecular complexity index is 900. The van der Waals surface area contributed by atoms with E-state index in [-0.39, 0.29) is 24.0 Å². The largest absolute Gasteiger partial charge is 0.454 e. The van der Waals surface area contributed by atoms with Gasteiger partial charge in [-0.05, 0) is 24.1 Å². The number of hydrogen-bond acceptors (Lipinski definition) is 6. The molecular formula is C21H23N3O3S. The van der Waals surface area contributed by atoms with Crippen LogP contribution in [0.5, 0.6) is 11.5 Å². The van der Waals surface area contributed by atoms with Crippen LogP contribution in [-0.4, -0.2) is 53.7 Å². The molecule has 0 aliphatic carbocycles. The number of rotatable bonds is 5. The molecule has 2 aromatic rings. The van der Waals surface area contributed by atoms with Crippen molar-refractivity contribution in [3.8, 4) is 11.5 Å². The number of thiazole rings is 1. The Morgan fingerprint density at radius 1 is 1.36 bits per heavy atom. The number of likely N-dealkylation sites (tertiary alicyclic amines) is 2. The van der Waals surface area contributed by atoms with Crippen LogP contribution in [0.3, 0.4) is 0 Å². The van der Waals surface area contributed by atoms with Crippen LogP contribution >= 0.6 is 11.3 Å². The van der Waals surface area contributed by atoms with Gasteiger partial charge in [0.1, 0.15) is 0 Å². The number of hydrogen-bond donors (Lipinski definition) is 0. The molecule has 4 heterocycles. The van der Waals surface area contributed by atoms with Crippen LogP contribution < -0.4 is 9.47 Å². The summed E-state index contributed by atoms with van der Waals surface area (Å²) in [4.78, 5) is 22.3. The van der Waals surface area contributed by atoms with Gasteiger partial charge in [0.15, 0.2) is 11.5 Å². The number of aromatic nitrogens is 1. The van der Waals surface area contributed by atoms with Crippen molar-refractivity contribution in [3.63, 3.8) is 0 Å². The second kappa shape index (κ2) is 6.90. The summed E-state index contributed by atoms with van der Waals surface area (Å²) in [6.45, 7) is 7.89. The first-order chi connectivity index (χ1) is 13.7. The van der Waals surface area contributed by atoms with Gasteiger partial charge in [-0.1, -0.05) is 12.1 Å². The van der Waals surface area contributed by atoms with Crippen LogP contribution in [-0.2, 0) is 11.3 Å². The predicted molar refractivity (Wildman–Crippen MR) is 107 cm³/mol. The van der Waals surface area contributed by atoms with Gasteiger partial charge < -0.3 is 14.4 Å². The van der Waals surface area contributed by atoms with E-state index in [1.54, 1.807) is 11.3 Å². The minimum absolute atomic E-state index is 0.142. The zero-order chi connectivity index (χ0) is 19.1. The van der Waals surface area contributed by atoms with Gasteiger partial charge in [-0.25, -0.2) is 4.98 Å². The van der Waals surface area contributed by atoms with E-state index in [4.69, 9.17) is 9.47 Å². The summed E-state index contributed by atoms with van der Waals surface area (Å²) < 4.78 is 10.9. The molecule has 146 valence electrons. The minimum Gasteiger partial charge on any atom is -0.454 e. The average molecular weight is 398 g/mol. The highest BCUT2D eigenvalue weighted by Gasteiger charge is 2.57. The predicted octanol–water partition coefficient (Wildman–Crippen LogP) is 2.88. The zero-order valence-electron chi connectivity index (χ0n) is 15.7. The summed E-state index contributed by atoms with van der Waals surface area (Å²) in [5.41, 5.74) is 0.796. The van der Waals surface area contributed by atoms with Gasteiger partial charge in [-0.2, -0.15) is 0 Å². The van der Waals surface area contributed by atoms with Crippen molar-refractivity contribution in [1.29, 1.82) is 0 Å². The molecule has 0 saturated carbocycles. The van der Waals surface area contributed by atoms with Gasteiger partial charge >= 0.3 is 0 Å². The number of benzene rings is 1. The maximum absolute atomic E-state index is 13.4. The summed E-state index contributed by atoms with van der Waals surface area (Å²) in [5, 5.41) is 3.08. The van der Waals surface area contributed by atoms with Gasteiger partial charge in [0.2, 0.25) is 12.7 Å². The van der Waals surface area contributed by atoms with Crippen LogP contribution in [0.2, 0.25) is 0 Å². The summed E-state index contributed by atoms with van der Waals surface area (Å²) in [6.07, 6.45) is 4.53. The molecule has 0 bridgehead atoms. The molecule has 3 aliphatic heterocycles. The first-order valence-corrected chi connectivity index (χ1v) is 10.5. The highest BCUT2D eigenvalue weighted by Crippen LogP contribution is 2.50. The molecule has 2 saturated heterocycles. The molecule has 1 aromatic carbocycles. The van der Waals surface area contributed by atoms with Crippen molar-refractivity contribution in [3.05, 3.63) is 53.0 Å². The van der Waals surface area contributed by atoms with Crippen LogP contribution in [0.1, 0.15) is 22.9 Å². The lowest BCUT2D eigenvalue weighted by Gasteiger charge is -2.27. The molecule has 3 aliphatic rings. The molecule has 5 rings (SSSR count). The van der Waals surface area contributed by atoms with Crippen LogP contribution in [0.15, 0.2) is 42.4 Å². The van der Waals surface area contributed by atoms with Gasteiger partial charge in [0, 0.05) is 50.2 Å². The topological polar surface area (TPSA) is 54.9 Å². The van der Waals surface area contributed by atoms with E-state index in [2.05, 4.69) is 22.5 Å². The monoisotopic (exact) mass is 397 g/mol. The molecule has 2 fully saturated rings. The molecule has 7 heteroatoms. The van der Waals surface area contributed by atoms with Gasteiger partial charge in [0.05, 0.1) is 10.4 Å². The molecule has 1 amide bonds. The van der Waals surface area contributed by atoms with E-state index >= 15 is 0 Å². The number of fused-ring (bicyclic) bond motifs is 1. The van der Waals surface area contributed by atoms with Crippen molar-refractivity contribution in [2.75, 3.05) is 33.0 Å². The summed E-state index contributed by atoms with van der Waals surface area (Å²) >= 11 is 1.66. The summed E-state index contributed by atoms with van der Waals surface area (Å²) in [7, 11) is 0. The van der Waals surface area contributed by atoms with Crippen molar-refractivity contribution >= 4 is 17.2 Å². The molecule has 0 radical (unpaired) electrons. The van der Waals surface area contributed by atoms with E-state index in [0.29, 0.717) is 6.54 Å². The Balaban J connectivity index is 1.41.